The number of amides is 1. The molecule has 0 aliphatic rings. The second-order valence-electron chi connectivity index (χ2n) is 4.21. The average molecular weight is 289 g/mol. The first kappa shape index (κ1) is 15.3. The van der Waals surface area contributed by atoms with E-state index in [9.17, 15) is 4.79 Å². The number of nitrogens with two attached hydrogens (primary N) is 1. The highest BCUT2D eigenvalue weighted by Crippen LogP contribution is 2.25. The van der Waals surface area contributed by atoms with E-state index in [0.717, 1.165) is 18.4 Å². The summed E-state index contributed by atoms with van der Waals surface area (Å²) < 4.78 is 0. The molecule has 18 heavy (non-hydrogen) atoms. The number of hydrogen-bond acceptors (Lipinski definition) is 2. The van der Waals surface area contributed by atoms with Crippen molar-refractivity contribution in [2.75, 3.05) is 6.54 Å². The fourth-order valence-corrected chi connectivity index (χ4v) is 1.92. The summed E-state index contributed by atoms with van der Waals surface area (Å²) in [6.45, 7) is 2.54. The first-order valence-corrected chi connectivity index (χ1v) is 6.74. The highest BCUT2D eigenvalue weighted by Gasteiger charge is 2.10. The van der Waals surface area contributed by atoms with E-state index in [1.807, 2.05) is 13.0 Å². The van der Waals surface area contributed by atoms with Gasteiger partial charge in [-0.25, -0.2) is 0 Å². The molecular weight excluding hydrogens is 271 g/mol. The van der Waals surface area contributed by atoms with Crippen molar-refractivity contribution in [2.45, 2.75) is 32.2 Å². The van der Waals surface area contributed by atoms with Crippen LogP contribution in [0.2, 0.25) is 10.0 Å². The van der Waals surface area contributed by atoms with Crippen LogP contribution in [0.25, 0.3) is 0 Å². The van der Waals surface area contributed by atoms with Crippen LogP contribution in [0.15, 0.2) is 18.2 Å². The van der Waals surface area contributed by atoms with Gasteiger partial charge in [0, 0.05) is 6.42 Å². The monoisotopic (exact) mass is 288 g/mol. The Labute approximate surface area is 118 Å². The van der Waals surface area contributed by atoms with E-state index >= 15 is 0 Å². The van der Waals surface area contributed by atoms with Crippen molar-refractivity contribution >= 4 is 29.1 Å². The molecule has 5 heteroatoms. The van der Waals surface area contributed by atoms with Gasteiger partial charge in [-0.1, -0.05) is 29.3 Å². The van der Waals surface area contributed by atoms with Gasteiger partial charge in [0.1, 0.15) is 0 Å². The zero-order valence-corrected chi connectivity index (χ0v) is 11.9. The number of carbonyl (C=O) groups excluding carboxylic acids is 1. The molecule has 0 aliphatic heterocycles. The second kappa shape index (κ2) is 7.62. The summed E-state index contributed by atoms with van der Waals surface area (Å²) in [7, 11) is 0. The predicted molar refractivity (Wildman–Crippen MR) is 75.9 cm³/mol. The molecule has 0 saturated carbocycles. The molecule has 1 aromatic carbocycles. The third kappa shape index (κ3) is 4.84. The largest absolute Gasteiger partial charge is 0.350 e. The van der Waals surface area contributed by atoms with Crippen LogP contribution in [0.3, 0.4) is 0 Å². The lowest BCUT2D eigenvalue weighted by molar-refractivity contribution is -0.121. The van der Waals surface area contributed by atoms with E-state index in [1.54, 1.807) is 12.1 Å². The van der Waals surface area contributed by atoms with E-state index in [-0.39, 0.29) is 11.9 Å². The lowest BCUT2D eigenvalue weighted by Gasteiger charge is -2.15. The van der Waals surface area contributed by atoms with Gasteiger partial charge in [0.05, 0.1) is 16.1 Å². The van der Waals surface area contributed by atoms with Gasteiger partial charge in [0.15, 0.2) is 0 Å². The van der Waals surface area contributed by atoms with E-state index in [2.05, 4.69) is 5.32 Å². The minimum absolute atomic E-state index is 0.0297. The zero-order valence-electron chi connectivity index (χ0n) is 10.4. The molecule has 1 atom stereocenters. The lowest BCUT2D eigenvalue weighted by Crippen LogP contribution is -2.26. The van der Waals surface area contributed by atoms with Crippen LogP contribution >= 0.6 is 23.2 Å². The first-order valence-electron chi connectivity index (χ1n) is 5.99. The molecular formula is C13H18Cl2N2O. The first-order chi connectivity index (χ1) is 8.54. The third-order valence-electron chi connectivity index (χ3n) is 2.68. The number of nitrogens with one attached hydrogen (secondary N) is 1. The Hall–Kier alpha value is -0.770. The number of carbonyl (C=O) groups is 1. The lowest BCUT2D eigenvalue weighted by atomic mass is 10.1. The zero-order chi connectivity index (χ0) is 13.5. The van der Waals surface area contributed by atoms with Crippen LogP contribution in [0.1, 0.15) is 37.8 Å². The molecule has 0 bridgehead atoms. The summed E-state index contributed by atoms with van der Waals surface area (Å²) in [5, 5.41) is 3.93. The van der Waals surface area contributed by atoms with E-state index < -0.39 is 0 Å². The fraction of sp³-hybridized carbons (Fsp3) is 0.462. The van der Waals surface area contributed by atoms with Crippen LogP contribution in [0.5, 0.6) is 0 Å². The molecule has 0 heterocycles. The summed E-state index contributed by atoms with van der Waals surface area (Å²) in [6.07, 6.45) is 2.19. The maximum absolute atomic E-state index is 11.6. The molecule has 3 nitrogen and oxygen atoms in total. The average Bonchev–Trinajstić information content (AvgIpc) is 2.33. The van der Waals surface area contributed by atoms with Crippen LogP contribution in [0.4, 0.5) is 0 Å². The Morgan fingerprint density at radius 3 is 2.67 bits per heavy atom. The number of rotatable bonds is 6. The Bertz CT molecular complexity index is 410. The summed E-state index contributed by atoms with van der Waals surface area (Å²) in [5.41, 5.74) is 6.32. The standard InChI is InChI=1S/C13H18Cl2N2O/c1-9(17-13(18)4-2-3-7-16)10-5-6-11(14)12(15)8-10/h5-6,8-9H,2-4,7,16H2,1H3,(H,17,18). The molecule has 0 aromatic heterocycles. The van der Waals surface area contributed by atoms with Gasteiger partial charge in [-0.2, -0.15) is 0 Å². The maximum Gasteiger partial charge on any atom is 0.220 e. The van der Waals surface area contributed by atoms with Crippen molar-refractivity contribution in [3.8, 4) is 0 Å². The van der Waals surface area contributed by atoms with Gasteiger partial charge in [0.25, 0.3) is 0 Å². The van der Waals surface area contributed by atoms with E-state index in [0.29, 0.717) is 23.0 Å². The van der Waals surface area contributed by atoms with Crippen molar-refractivity contribution in [1.29, 1.82) is 0 Å². The number of halogens is 2. The molecule has 0 radical (unpaired) electrons. The quantitative estimate of drug-likeness (QED) is 0.789. The highest BCUT2D eigenvalue weighted by molar-refractivity contribution is 6.42. The SMILES string of the molecule is CC(NC(=O)CCCCN)c1ccc(Cl)c(Cl)c1. The Kier molecular flexibility index (Phi) is 6.47. The molecule has 1 rings (SSSR count). The minimum atomic E-state index is -0.0786. The van der Waals surface area contributed by atoms with Crippen molar-refractivity contribution in [3.05, 3.63) is 33.8 Å². The fourth-order valence-electron chi connectivity index (χ4n) is 1.61. The molecule has 1 aromatic rings. The van der Waals surface area contributed by atoms with Gasteiger partial charge in [0.2, 0.25) is 5.91 Å². The smallest absolute Gasteiger partial charge is 0.220 e. The molecule has 0 saturated heterocycles. The molecule has 0 fully saturated rings. The number of hydrogen-bond donors (Lipinski definition) is 2. The summed E-state index contributed by atoms with van der Waals surface area (Å²) in [6, 6.07) is 5.29. The van der Waals surface area contributed by atoms with Crippen LogP contribution in [-0.2, 0) is 4.79 Å². The van der Waals surface area contributed by atoms with E-state index in [4.69, 9.17) is 28.9 Å². The van der Waals surface area contributed by atoms with Gasteiger partial charge in [-0.3, -0.25) is 4.79 Å². The van der Waals surface area contributed by atoms with E-state index in [1.165, 1.54) is 0 Å². The maximum atomic E-state index is 11.6. The van der Waals surface area contributed by atoms with Gasteiger partial charge >= 0.3 is 0 Å². The summed E-state index contributed by atoms with van der Waals surface area (Å²) in [4.78, 5) is 11.6. The van der Waals surface area contributed by atoms with Crippen LogP contribution < -0.4 is 11.1 Å². The molecule has 0 spiro atoms. The van der Waals surface area contributed by atoms with Crippen LogP contribution in [0, 0.1) is 0 Å². The molecule has 3 N–H and O–H groups in total. The van der Waals surface area contributed by atoms with Crippen LogP contribution in [-0.4, -0.2) is 12.5 Å². The normalized spacial score (nSPS) is 12.2. The second-order valence-corrected chi connectivity index (χ2v) is 5.02. The Morgan fingerprint density at radius 1 is 1.33 bits per heavy atom. The topological polar surface area (TPSA) is 55.1 Å². The molecule has 1 unspecified atom stereocenters. The van der Waals surface area contributed by atoms with Gasteiger partial charge < -0.3 is 11.1 Å². The summed E-state index contributed by atoms with van der Waals surface area (Å²) in [5.74, 6) is 0.0297. The van der Waals surface area contributed by atoms with Crippen molar-refractivity contribution in [2.24, 2.45) is 5.73 Å². The Morgan fingerprint density at radius 2 is 2.06 bits per heavy atom. The number of benzene rings is 1. The highest BCUT2D eigenvalue weighted by atomic mass is 35.5. The number of unbranched alkanes of at least 4 members (excludes halogenated alkanes) is 1. The predicted octanol–water partition coefficient (Wildman–Crippen LogP) is 3.30. The summed E-state index contributed by atoms with van der Waals surface area (Å²) >= 11 is 11.8. The van der Waals surface area contributed by atoms with Gasteiger partial charge in [-0.05, 0) is 44.0 Å². The molecule has 1 amide bonds. The Balaban J connectivity index is 2.51. The van der Waals surface area contributed by atoms with Crippen molar-refractivity contribution in [1.82, 2.24) is 5.32 Å². The minimum Gasteiger partial charge on any atom is -0.350 e. The van der Waals surface area contributed by atoms with Gasteiger partial charge in [-0.15, -0.1) is 0 Å². The molecule has 0 aliphatic carbocycles. The third-order valence-corrected chi connectivity index (χ3v) is 3.42. The van der Waals surface area contributed by atoms with Crippen molar-refractivity contribution in [3.63, 3.8) is 0 Å². The molecule has 100 valence electrons. The van der Waals surface area contributed by atoms with Crippen molar-refractivity contribution < 1.29 is 4.79 Å².